The van der Waals surface area contributed by atoms with Crippen molar-refractivity contribution in [1.29, 1.82) is 0 Å². The molecule has 0 aromatic heterocycles. The van der Waals surface area contributed by atoms with Gasteiger partial charge in [0.15, 0.2) is 0 Å². The van der Waals surface area contributed by atoms with Gasteiger partial charge < -0.3 is 4.74 Å². The lowest BCUT2D eigenvalue weighted by Gasteiger charge is -2.09. The van der Waals surface area contributed by atoms with Crippen LogP contribution in [0.2, 0.25) is 0 Å². The molecule has 0 saturated heterocycles. The molecule has 0 fully saturated rings. The Morgan fingerprint density at radius 3 is 2.44 bits per heavy atom. The zero-order valence-corrected chi connectivity index (χ0v) is 10.7. The first-order valence-electron chi connectivity index (χ1n) is 6.27. The smallest absolute Gasteiger partial charge is 0.119 e. The van der Waals surface area contributed by atoms with Gasteiger partial charge >= 0.3 is 0 Å². The van der Waals surface area contributed by atoms with Crippen molar-refractivity contribution in [1.82, 2.24) is 0 Å². The van der Waals surface area contributed by atoms with Crippen LogP contribution >= 0.6 is 0 Å². The van der Waals surface area contributed by atoms with Gasteiger partial charge in [0.1, 0.15) is 12.4 Å². The first-order valence-corrected chi connectivity index (χ1v) is 6.27. The van der Waals surface area contributed by atoms with E-state index in [-0.39, 0.29) is 0 Å². The maximum absolute atomic E-state index is 5.48. The highest BCUT2D eigenvalue weighted by molar-refractivity contribution is 5.67. The molecule has 0 aliphatic carbocycles. The first-order chi connectivity index (χ1) is 8.85. The molecule has 2 aromatic carbocycles. The molecule has 0 spiro atoms. The van der Waals surface area contributed by atoms with Crippen molar-refractivity contribution in [3.63, 3.8) is 0 Å². The zero-order chi connectivity index (χ0) is 12.8. The topological polar surface area (TPSA) is 9.23 Å². The van der Waals surface area contributed by atoms with Crippen molar-refractivity contribution >= 4 is 0 Å². The summed E-state index contributed by atoms with van der Waals surface area (Å²) in [4.78, 5) is 0. The van der Waals surface area contributed by atoms with Gasteiger partial charge in [-0.1, -0.05) is 56.0 Å². The van der Waals surface area contributed by atoms with E-state index >= 15 is 0 Å². The molecule has 0 bridgehead atoms. The number of hydrogen-bond donors (Lipinski definition) is 0. The Hall–Kier alpha value is -2.02. The van der Waals surface area contributed by atoms with Crippen molar-refractivity contribution in [3.05, 3.63) is 66.7 Å². The molecule has 0 atom stereocenters. The van der Waals surface area contributed by atoms with E-state index < -0.39 is 0 Å². The van der Waals surface area contributed by atoms with Gasteiger partial charge in [-0.15, -0.1) is 0 Å². The number of aryl methyl sites for hydroxylation is 1. The van der Waals surface area contributed by atoms with Gasteiger partial charge in [0.25, 0.3) is 0 Å². The molecular formula is C17H18O. The highest BCUT2D eigenvalue weighted by Gasteiger charge is 2.02. The number of hydrogen-bond acceptors (Lipinski definition) is 1. The van der Waals surface area contributed by atoms with Crippen molar-refractivity contribution in [2.75, 3.05) is 6.61 Å². The molecule has 0 radical (unpaired) electrons. The summed E-state index contributed by atoms with van der Waals surface area (Å²) in [7, 11) is 0. The summed E-state index contributed by atoms with van der Waals surface area (Å²) in [5, 5.41) is 0. The molecular weight excluding hydrogens is 220 g/mol. The average Bonchev–Trinajstić information content (AvgIpc) is 2.45. The lowest BCUT2D eigenvalue weighted by atomic mass is 9.98. The van der Waals surface area contributed by atoms with Gasteiger partial charge in [-0.2, -0.15) is 0 Å². The second-order valence-electron chi connectivity index (χ2n) is 4.13. The summed E-state index contributed by atoms with van der Waals surface area (Å²) in [6, 6.07) is 16.7. The monoisotopic (exact) mass is 238 g/mol. The molecule has 0 heterocycles. The molecule has 0 aliphatic heterocycles. The highest BCUT2D eigenvalue weighted by atomic mass is 16.5. The Kier molecular flexibility index (Phi) is 4.19. The Morgan fingerprint density at radius 2 is 1.78 bits per heavy atom. The van der Waals surface area contributed by atoms with Crippen molar-refractivity contribution in [2.24, 2.45) is 0 Å². The van der Waals surface area contributed by atoms with Gasteiger partial charge in [-0.3, -0.25) is 0 Å². The summed E-state index contributed by atoms with van der Waals surface area (Å²) < 4.78 is 5.48. The fourth-order valence-corrected chi connectivity index (χ4v) is 2.00. The van der Waals surface area contributed by atoms with Gasteiger partial charge in [0.05, 0.1) is 0 Å². The fraction of sp³-hybridized carbons (Fsp3) is 0.176. The molecule has 0 unspecified atom stereocenters. The average molecular weight is 238 g/mol. The summed E-state index contributed by atoms with van der Waals surface area (Å²) in [6.07, 6.45) is 2.80. The van der Waals surface area contributed by atoms with E-state index in [0.29, 0.717) is 6.61 Å². The van der Waals surface area contributed by atoms with E-state index in [0.717, 1.165) is 12.2 Å². The second kappa shape index (κ2) is 6.06. The van der Waals surface area contributed by atoms with Crippen LogP contribution in [0.15, 0.2) is 61.2 Å². The minimum atomic E-state index is 0.547. The molecule has 2 rings (SSSR count). The van der Waals surface area contributed by atoms with Crippen molar-refractivity contribution in [3.8, 4) is 16.9 Å². The van der Waals surface area contributed by atoms with E-state index in [1.165, 1.54) is 16.7 Å². The van der Waals surface area contributed by atoms with Gasteiger partial charge in [0.2, 0.25) is 0 Å². The molecule has 1 heteroatoms. The third-order valence-electron chi connectivity index (χ3n) is 2.93. The van der Waals surface area contributed by atoms with Crippen LogP contribution in [-0.4, -0.2) is 6.61 Å². The number of benzene rings is 2. The normalized spacial score (nSPS) is 10.1. The molecule has 92 valence electrons. The van der Waals surface area contributed by atoms with Crippen LogP contribution in [0.3, 0.4) is 0 Å². The summed E-state index contributed by atoms with van der Waals surface area (Å²) in [6.45, 7) is 6.37. The molecule has 0 amide bonds. The largest absolute Gasteiger partial charge is 0.490 e. The molecule has 2 aromatic rings. The number of rotatable bonds is 5. The van der Waals surface area contributed by atoms with Gasteiger partial charge in [0, 0.05) is 0 Å². The second-order valence-corrected chi connectivity index (χ2v) is 4.13. The lowest BCUT2D eigenvalue weighted by molar-refractivity contribution is 0.363. The van der Waals surface area contributed by atoms with Gasteiger partial charge in [-0.25, -0.2) is 0 Å². The third-order valence-corrected chi connectivity index (χ3v) is 2.93. The van der Waals surface area contributed by atoms with E-state index in [1.54, 1.807) is 6.08 Å². The number of ether oxygens (including phenoxy) is 1. The maximum Gasteiger partial charge on any atom is 0.119 e. The van der Waals surface area contributed by atoms with Crippen molar-refractivity contribution in [2.45, 2.75) is 13.3 Å². The standard InChI is InChI=1S/C17H18O/c1-3-13-18-16-11-9-15(10-12-16)17-8-6-5-7-14(17)4-2/h3,5-12H,1,4,13H2,2H3. The van der Waals surface area contributed by atoms with Crippen LogP contribution in [0.5, 0.6) is 5.75 Å². The molecule has 0 saturated carbocycles. The minimum absolute atomic E-state index is 0.547. The van der Waals surface area contributed by atoms with Gasteiger partial charge in [-0.05, 0) is 35.2 Å². The summed E-state index contributed by atoms with van der Waals surface area (Å²) >= 11 is 0. The summed E-state index contributed by atoms with van der Waals surface area (Å²) in [5.41, 5.74) is 3.91. The maximum atomic E-state index is 5.48. The minimum Gasteiger partial charge on any atom is -0.490 e. The van der Waals surface area contributed by atoms with E-state index in [1.807, 2.05) is 12.1 Å². The molecule has 18 heavy (non-hydrogen) atoms. The third kappa shape index (κ3) is 2.80. The zero-order valence-electron chi connectivity index (χ0n) is 10.7. The predicted octanol–water partition coefficient (Wildman–Crippen LogP) is 4.48. The molecule has 0 N–H and O–H groups in total. The van der Waals surface area contributed by atoms with E-state index in [4.69, 9.17) is 4.74 Å². The predicted molar refractivity (Wildman–Crippen MR) is 76.9 cm³/mol. The van der Waals surface area contributed by atoms with Crippen LogP contribution in [0, 0.1) is 0 Å². The molecule has 1 nitrogen and oxygen atoms in total. The Balaban J connectivity index is 2.25. The van der Waals surface area contributed by atoms with Crippen LogP contribution in [0.25, 0.3) is 11.1 Å². The molecule has 0 aliphatic rings. The fourth-order valence-electron chi connectivity index (χ4n) is 2.00. The van der Waals surface area contributed by atoms with Crippen LogP contribution in [0.4, 0.5) is 0 Å². The van der Waals surface area contributed by atoms with E-state index in [2.05, 4.69) is 49.9 Å². The van der Waals surface area contributed by atoms with Crippen LogP contribution < -0.4 is 4.74 Å². The first kappa shape index (κ1) is 12.4. The van der Waals surface area contributed by atoms with Crippen molar-refractivity contribution < 1.29 is 4.74 Å². The van der Waals surface area contributed by atoms with Crippen LogP contribution in [0.1, 0.15) is 12.5 Å². The SMILES string of the molecule is C=CCOc1ccc(-c2ccccc2CC)cc1. The van der Waals surface area contributed by atoms with E-state index in [9.17, 15) is 0 Å². The quantitative estimate of drug-likeness (QED) is 0.698. The Bertz CT molecular complexity index is 511. The van der Waals surface area contributed by atoms with Crippen LogP contribution in [-0.2, 0) is 6.42 Å². The summed E-state index contributed by atoms with van der Waals surface area (Å²) in [5.74, 6) is 0.882. The highest BCUT2D eigenvalue weighted by Crippen LogP contribution is 2.26. The lowest BCUT2D eigenvalue weighted by Crippen LogP contribution is -1.92. The Labute approximate surface area is 109 Å². The Morgan fingerprint density at radius 1 is 1.06 bits per heavy atom.